The van der Waals surface area contributed by atoms with E-state index in [4.69, 9.17) is 5.26 Å². The zero-order valence-corrected chi connectivity index (χ0v) is 7.82. The molecule has 0 saturated carbocycles. The van der Waals surface area contributed by atoms with E-state index in [-0.39, 0.29) is 12.0 Å². The molecular weight excluding hydrogens is 168 g/mol. The van der Waals surface area contributed by atoms with Crippen molar-refractivity contribution < 1.29 is 9.53 Å². The van der Waals surface area contributed by atoms with Crippen molar-refractivity contribution >= 4 is 5.97 Å². The van der Waals surface area contributed by atoms with Crippen LogP contribution < -0.4 is 0 Å². The lowest BCUT2D eigenvalue weighted by atomic mass is 10.0. The highest BCUT2D eigenvalue weighted by Gasteiger charge is 2.23. The molecule has 0 aromatic heterocycles. The molecule has 1 rings (SSSR count). The molecule has 0 bridgehead atoms. The van der Waals surface area contributed by atoms with Gasteiger partial charge in [0.25, 0.3) is 0 Å². The van der Waals surface area contributed by atoms with Crippen LogP contribution in [0.1, 0.15) is 25.7 Å². The molecule has 1 aliphatic heterocycles. The van der Waals surface area contributed by atoms with Crippen molar-refractivity contribution in [3.05, 3.63) is 0 Å². The largest absolute Gasteiger partial charge is 0.469 e. The molecule has 0 aromatic rings. The van der Waals surface area contributed by atoms with Crippen molar-refractivity contribution in [1.29, 1.82) is 5.26 Å². The Morgan fingerprint density at radius 1 is 1.69 bits per heavy atom. The van der Waals surface area contributed by atoms with Gasteiger partial charge in [-0.3, -0.25) is 4.79 Å². The third-order valence-corrected chi connectivity index (χ3v) is 2.39. The summed E-state index contributed by atoms with van der Waals surface area (Å²) in [4.78, 5) is 12.7. The zero-order valence-electron chi connectivity index (χ0n) is 7.82. The Bertz CT molecular complexity index is 222. The molecule has 0 aromatic carbocycles. The molecule has 13 heavy (non-hydrogen) atoms. The number of hydrogen-bond donors (Lipinski definition) is 0. The Labute approximate surface area is 78.1 Å². The second-order valence-corrected chi connectivity index (χ2v) is 3.22. The molecule has 0 amide bonds. The van der Waals surface area contributed by atoms with Crippen LogP contribution >= 0.6 is 0 Å². The van der Waals surface area contributed by atoms with E-state index >= 15 is 0 Å². The number of nitrogens with zero attached hydrogens (tertiary/aromatic N) is 2. The van der Waals surface area contributed by atoms with Crippen LogP contribution in [0.5, 0.6) is 0 Å². The quantitative estimate of drug-likeness (QED) is 0.470. The Balaban J connectivity index is 2.46. The molecule has 72 valence electrons. The molecule has 0 radical (unpaired) electrons. The maximum atomic E-state index is 11.0. The van der Waals surface area contributed by atoms with Crippen LogP contribution in [-0.4, -0.2) is 30.6 Å². The van der Waals surface area contributed by atoms with Gasteiger partial charge < -0.3 is 9.64 Å². The molecule has 1 aliphatic rings. The van der Waals surface area contributed by atoms with E-state index in [1.54, 1.807) is 4.90 Å². The smallest absolute Gasteiger partial charge is 0.307 e. The van der Waals surface area contributed by atoms with Gasteiger partial charge in [0.1, 0.15) is 0 Å². The summed E-state index contributed by atoms with van der Waals surface area (Å²) in [6.07, 6.45) is 5.51. The van der Waals surface area contributed by atoms with E-state index < -0.39 is 0 Å². The van der Waals surface area contributed by atoms with E-state index in [0.717, 1.165) is 25.8 Å². The molecule has 4 heteroatoms. The Kier molecular flexibility index (Phi) is 3.56. The van der Waals surface area contributed by atoms with Crippen molar-refractivity contribution in [2.75, 3.05) is 13.7 Å². The van der Waals surface area contributed by atoms with Crippen LogP contribution in [0.4, 0.5) is 0 Å². The first-order valence-corrected chi connectivity index (χ1v) is 4.51. The standard InChI is InChI=1S/C9H14N2O2/c1-13-9(12)6-8-4-2-3-5-11(8)7-10/h8H,2-6H2,1H3. The summed E-state index contributed by atoms with van der Waals surface area (Å²) >= 11 is 0. The van der Waals surface area contributed by atoms with Gasteiger partial charge in [-0.25, -0.2) is 0 Å². The molecule has 1 heterocycles. The number of piperidine rings is 1. The molecule has 0 aliphatic carbocycles. The van der Waals surface area contributed by atoms with Crippen LogP contribution in [-0.2, 0) is 9.53 Å². The molecule has 1 saturated heterocycles. The number of methoxy groups -OCH3 is 1. The first kappa shape index (κ1) is 9.85. The fourth-order valence-corrected chi connectivity index (χ4v) is 1.62. The van der Waals surface area contributed by atoms with Crippen molar-refractivity contribution in [2.45, 2.75) is 31.7 Å². The number of likely N-dealkylation sites (tertiary alicyclic amines) is 1. The Hall–Kier alpha value is -1.24. The van der Waals surface area contributed by atoms with E-state index in [1.807, 2.05) is 0 Å². The second-order valence-electron chi connectivity index (χ2n) is 3.22. The Morgan fingerprint density at radius 3 is 3.08 bits per heavy atom. The van der Waals surface area contributed by atoms with Gasteiger partial charge in [0.15, 0.2) is 6.19 Å². The molecule has 1 fully saturated rings. The SMILES string of the molecule is COC(=O)CC1CCCCN1C#N. The average molecular weight is 182 g/mol. The average Bonchev–Trinajstić information content (AvgIpc) is 2.18. The van der Waals surface area contributed by atoms with Gasteiger partial charge in [-0.2, -0.15) is 5.26 Å². The molecular formula is C9H14N2O2. The zero-order chi connectivity index (χ0) is 9.68. The third kappa shape index (κ3) is 2.62. The van der Waals surface area contributed by atoms with E-state index in [1.165, 1.54) is 7.11 Å². The van der Waals surface area contributed by atoms with Crippen molar-refractivity contribution in [1.82, 2.24) is 4.90 Å². The molecule has 1 unspecified atom stereocenters. The summed E-state index contributed by atoms with van der Waals surface area (Å²) in [5.74, 6) is -0.229. The first-order chi connectivity index (χ1) is 6.27. The van der Waals surface area contributed by atoms with Crippen molar-refractivity contribution in [3.8, 4) is 6.19 Å². The molecule has 0 spiro atoms. The first-order valence-electron chi connectivity index (χ1n) is 4.51. The monoisotopic (exact) mass is 182 g/mol. The maximum absolute atomic E-state index is 11.0. The minimum Gasteiger partial charge on any atom is -0.469 e. The third-order valence-electron chi connectivity index (χ3n) is 2.39. The summed E-state index contributed by atoms with van der Waals surface area (Å²) in [6, 6.07) is 0.0613. The normalized spacial score (nSPS) is 22.2. The number of ether oxygens (including phenoxy) is 1. The van der Waals surface area contributed by atoms with E-state index in [2.05, 4.69) is 10.9 Å². The summed E-state index contributed by atoms with van der Waals surface area (Å²) < 4.78 is 4.57. The van der Waals surface area contributed by atoms with Gasteiger partial charge in [-0.1, -0.05) is 0 Å². The highest BCUT2D eigenvalue weighted by molar-refractivity contribution is 5.69. The number of carbonyl (C=O) groups excluding carboxylic acids is 1. The molecule has 1 atom stereocenters. The fraction of sp³-hybridized carbons (Fsp3) is 0.778. The summed E-state index contributed by atoms with van der Waals surface area (Å²) in [5.41, 5.74) is 0. The van der Waals surface area contributed by atoms with Crippen LogP contribution in [0, 0.1) is 11.5 Å². The predicted octanol–water partition coefficient (Wildman–Crippen LogP) is 0.885. The Morgan fingerprint density at radius 2 is 2.46 bits per heavy atom. The molecule has 4 nitrogen and oxygen atoms in total. The highest BCUT2D eigenvalue weighted by Crippen LogP contribution is 2.18. The van der Waals surface area contributed by atoms with E-state index in [9.17, 15) is 4.79 Å². The summed E-state index contributed by atoms with van der Waals surface area (Å²) in [7, 11) is 1.38. The van der Waals surface area contributed by atoms with Gasteiger partial charge in [-0.15, -0.1) is 0 Å². The van der Waals surface area contributed by atoms with Crippen molar-refractivity contribution in [2.24, 2.45) is 0 Å². The number of esters is 1. The fourth-order valence-electron chi connectivity index (χ4n) is 1.62. The highest BCUT2D eigenvalue weighted by atomic mass is 16.5. The lowest BCUT2D eigenvalue weighted by Gasteiger charge is -2.30. The van der Waals surface area contributed by atoms with Gasteiger partial charge in [0, 0.05) is 12.6 Å². The van der Waals surface area contributed by atoms with Crippen LogP contribution in [0.15, 0.2) is 0 Å². The van der Waals surface area contributed by atoms with Crippen molar-refractivity contribution in [3.63, 3.8) is 0 Å². The second kappa shape index (κ2) is 4.70. The number of nitriles is 1. The predicted molar refractivity (Wildman–Crippen MR) is 46.6 cm³/mol. The summed E-state index contributed by atoms with van der Waals surface area (Å²) in [6.45, 7) is 0.776. The lowest BCUT2D eigenvalue weighted by molar-refractivity contribution is -0.142. The minimum absolute atomic E-state index is 0.0613. The number of carbonyl (C=O) groups is 1. The topological polar surface area (TPSA) is 53.3 Å². The van der Waals surface area contributed by atoms with E-state index in [0.29, 0.717) is 6.42 Å². The van der Waals surface area contributed by atoms with Gasteiger partial charge in [-0.05, 0) is 19.3 Å². The van der Waals surface area contributed by atoms with Crippen LogP contribution in [0.25, 0.3) is 0 Å². The lowest BCUT2D eigenvalue weighted by Crippen LogP contribution is -2.37. The van der Waals surface area contributed by atoms with Gasteiger partial charge in [0.2, 0.25) is 0 Å². The van der Waals surface area contributed by atoms with Gasteiger partial charge in [0.05, 0.1) is 13.5 Å². The van der Waals surface area contributed by atoms with Crippen LogP contribution in [0.3, 0.4) is 0 Å². The van der Waals surface area contributed by atoms with Crippen LogP contribution in [0.2, 0.25) is 0 Å². The van der Waals surface area contributed by atoms with Gasteiger partial charge >= 0.3 is 5.97 Å². The molecule has 0 N–H and O–H groups in total. The minimum atomic E-state index is -0.229. The maximum Gasteiger partial charge on any atom is 0.307 e. The summed E-state index contributed by atoms with van der Waals surface area (Å²) in [5, 5.41) is 8.77. The number of hydrogen-bond acceptors (Lipinski definition) is 4. The number of rotatable bonds is 2.